The molecule has 0 spiro atoms. The molecule has 30 heavy (non-hydrogen) atoms. The normalized spacial score (nSPS) is 15.2. The van der Waals surface area contributed by atoms with E-state index in [9.17, 15) is 4.79 Å². The van der Waals surface area contributed by atoms with Crippen LogP contribution in [-0.2, 0) is 11.4 Å². The molecule has 0 aliphatic carbocycles. The van der Waals surface area contributed by atoms with Crippen molar-refractivity contribution in [3.8, 4) is 17.2 Å². The van der Waals surface area contributed by atoms with Crippen molar-refractivity contribution in [2.75, 3.05) is 13.2 Å². The van der Waals surface area contributed by atoms with Crippen LogP contribution in [0.15, 0.2) is 60.0 Å². The highest BCUT2D eigenvalue weighted by molar-refractivity contribution is 7.09. The van der Waals surface area contributed by atoms with Crippen LogP contribution in [0.1, 0.15) is 16.3 Å². The number of hydrogen-bond acceptors (Lipinski definition) is 6. The lowest BCUT2D eigenvalue weighted by atomic mass is 10.2. The van der Waals surface area contributed by atoms with Crippen molar-refractivity contribution in [3.63, 3.8) is 0 Å². The van der Waals surface area contributed by atoms with Gasteiger partial charge in [0.25, 0.3) is 0 Å². The number of carbonyl (C=O) groups excluding carboxylic acids is 1. The molecule has 6 nitrogen and oxygen atoms in total. The second kappa shape index (κ2) is 9.45. The molecule has 2 aromatic carbocycles. The van der Waals surface area contributed by atoms with Gasteiger partial charge in [0, 0.05) is 11.5 Å². The van der Waals surface area contributed by atoms with E-state index in [0.717, 1.165) is 27.8 Å². The van der Waals surface area contributed by atoms with Gasteiger partial charge >= 0.3 is 0 Å². The number of rotatable bonds is 7. The molecule has 0 bridgehead atoms. The van der Waals surface area contributed by atoms with Gasteiger partial charge in [0.05, 0.1) is 17.2 Å². The van der Waals surface area contributed by atoms with Gasteiger partial charge in [0.2, 0.25) is 5.91 Å². The minimum Gasteiger partial charge on any atom is -0.487 e. The van der Waals surface area contributed by atoms with Crippen molar-refractivity contribution >= 4 is 23.3 Å². The van der Waals surface area contributed by atoms with Gasteiger partial charge in [0.15, 0.2) is 11.5 Å². The van der Waals surface area contributed by atoms with Gasteiger partial charge in [-0.25, -0.2) is 4.98 Å². The first-order valence-electron chi connectivity index (χ1n) is 9.64. The van der Waals surface area contributed by atoms with Gasteiger partial charge in [-0.3, -0.25) is 4.79 Å². The predicted octanol–water partition coefficient (Wildman–Crippen LogP) is 4.00. The molecule has 7 heteroatoms. The smallest absolute Gasteiger partial charge is 0.244 e. The average Bonchev–Trinajstić information content (AvgIpc) is 3.20. The molecule has 1 aromatic heterocycles. The summed E-state index contributed by atoms with van der Waals surface area (Å²) in [5.74, 6) is 2.01. The third kappa shape index (κ3) is 5.39. The second-order valence-corrected chi connectivity index (χ2v) is 7.85. The van der Waals surface area contributed by atoms with E-state index in [1.54, 1.807) is 17.4 Å². The Bertz CT molecular complexity index is 1030. The number of para-hydroxylation sites is 2. The van der Waals surface area contributed by atoms with Gasteiger partial charge in [-0.2, -0.15) is 0 Å². The number of aryl methyl sites for hydroxylation is 1. The van der Waals surface area contributed by atoms with E-state index in [0.29, 0.717) is 25.5 Å². The molecule has 1 aliphatic rings. The quantitative estimate of drug-likeness (QED) is 0.583. The monoisotopic (exact) mass is 422 g/mol. The molecule has 154 valence electrons. The summed E-state index contributed by atoms with van der Waals surface area (Å²) in [4.78, 5) is 16.5. The molecule has 3 aromatic rings. The highest BCUT2D eigenvalue weighted by Crippen LogP contribution is 2.30. The zero-order chi connectivity index (χ0) is 20.8. The summed E-state index contributed by atoms with van der Waals surface area (Å²) in [5.41, 5.74) is 1.84. The molecule has 1 amide bonds. The molecule has 2 heterocycles. The van der Waals surface area contributed by atoms with Gasteiger partial charge in [-0.05, 0) is 42.8 Å². The maximum Gasteiger partial charge on any atom is 0.244 e. The van der Waals surface area contributed by atoms with Crippen molar-refractivity contribution in [1.29, 1.82) is 0 Å². The van der Waals surface area contributed by atoms with Gasteiger partial charge in [0.1, 0.15) is 25.1 Å². The van der Waals surface area contributed by atoms with E-state index in [4.69, 9.17) is 14.2 Å². The van der Waals surface area contributed by atoms with Crippen molar-refractivity contribution in [3.05, 3.63) is 76.3 Å². The van der Waals surface area contributed by atoms with Gasteiger partial charge in [-0.15, -0.1) is 11.3 Å². The third-order valence-corrected chi connectivity index (χ3v) is 5.25. The number of carbonyl (C=O) groups is 1. The molecule has 0 fully saturated rings. The van der Waals surface area contributed by atoms with E-state index in [1.165, 1.54) is 6.08 Å². The molecule has 1 N–H and O–H groups in total. The lowest BCUT2D eigenvalue weighted by Crippen LogP contribution is -2.40. The van der Waals surface area contributed by atoms with Crippen LogP contribution in [-0.4, -0.2) is 30.1 Å². The summed E-state index contributed by atoms with van der Waals surface area (Å²) in [6, 6.07) is 15.1. The summed E-state index contributed by atoms with van der Waals surface area (Å²) < 4.78 is 17.2. The zero-order valence-corrected chi connectivity index (χ0v) is 17.4. The number of nitrogens with zero attached hydrogens (tertiary/aromatic N) is 1. The van der Waals surface area contributed by atoms with Crippen molar-refractivity contribution in [1.82, 2.24) is 10.3 Å². The van der Waals surface area contributed by atoms with Crippen molar-refractivity contribution < 1.29 is 19.0 Å². The fourth-order valence-corrected chi connectivity index (χ4v) is 3.51. The van der Waals surface area contributed by atoms with Crippen LogP contribution in [0.4, 0.5) is 0 Å². The maximum atomic E-state index is 12.1. The van der Waals surface area contributed by atoms with Gasteiger partial charge < -0.3 is 19.5 Å². The Balaban J connectivity index is 1.22. The largest absolute Gasteiger partial charge is 0.487 e. The fraction of sp³-hybridized carbons (Fsp3) is 0.217. The molecule has 0 saturated carbocycles. The number of aromatic nitrogens is 1. The van der Waals surface area contributed by atoms with Crippen LogP contribution >= 0.6 is 11.3 Å². The Kier molecular flexibility index (Phi) is 6.29. The summed E-state index contributed by atoms with van der Waals surface area (Å²) in [6.07, 6.45) is 3.05. The Hall–Kier alpha value is -3.32. The standard InChI is InChI=1S/C23H22N2O4S/c1-16-25-18(15-30-16)13-27-19-9-6-17(7-10-19)8-11-23(26)24-12-20-14-28-21-4-2-3-5-22(21)29-20/h2-11,15,20H,12-14H2,1H3,(H,24,26). The zero-order valence-electron chi connectivity index (χ0n) is 16.5. The number of nitrogens with one attached hydrogen (secondary N) is 1. The third-order valence-electron chi connectivity index (χ3n) is 4.43. The van der Waals surface area contributed by atoms with Crippen LogP contribution < -0.4 is 19.5 Å². The second-order valence-electron chi connectivity index (χ2n) is 6.79. The molecular formula is C23H22N2O4S. The molecule has 4 rings (SSSR count). The Labute approximate surface area is 179 Å². The van der Waals surface area contributed by atoms with Gasteiger partial charge in [-0.1, -0.05) is 24.3 Å². The van der Waals surface area contributed by atoms with Crippen LogP contribution in [0.3, 0.4) is 0 Å². The number of fused-ring (bicyclic) bond motifs is 1. The van der Waals surface area contributed by atoms with Crippen LogP contribution in [0, 0.1) is 6.92 Å². The molecule has 1 unspecified atom stereocenters. The SMILES string of the molecule is Cc1nc(COc2ccc(C=CC(=O)NCC3COc4ccccc4O3)cc2)cs1. The summed E-state index contributed by atoms with van der Waals surface area (Å²) in [5, 5.41) is 5.87. The number of ether oxygens (including phenoxy) is 3. The predicted molar refractivity (Wildman–Crippen MR) is 116 cm³/mol. The molecule has 0 saturated heterocycles. The number of thiazole rings is 1. The number of amides is 1. The number of benzene rings is 2. The first-order chi connectivity index (χ1) is 14.7. The minimum atomic E-state index is -0.213. The topological polar surface area (TPSA) is 69.7 Å². The minimum absolute atomic E-state index is 0.184. The molecule has 1 atom stereocenters. The summed E-state index contributed by atoms with van der Waals surface area (Å²) in [7, 11) is 0. The number of hydrogen-bond donors (Lipinski definition) is 1. The molecule has 0 radical (unpaired) electrons. The molecular weight excluding hydrogens is 400 g/mol. The van der Waals surface area contributed by atoms with E-state index in [-0.39, 0.29) is 12.0 Å². The first-order valence-corrected chi connectivity index (χ1v) is 10.5. The van der Waals surface area contributed by atoms with E-state index < -0.39 is 0 Å². The van der Waals surface area contributed by atoms with Crippen molar-refractivity contribution in [2.45, 2.75) is 19.6 Å². The first kappa shape index (κ1) is 20.0. The molecule has 1 aliphatic heterocycles. The van der Waals surface area contributed by atoms with E-state index >= 15 is 0 Å². The lowest BCUT2D eigenvalue weighted by molar-refractivity contribution is -0.116. The van der Waals surface area contributed by atoms with Crippen LogP contribution in [0.2, 0.25) is 0 Å². The Morgan fingerprint density at radius 2 is 2.03 bits per heavy atom. The van der Waals surface area contributed by atoms with E-state index in [1.807, 2.05) is 60.8 Å². The summed E-state index contributed by atoms with van der Waals surface area (Å²) in [6.45, 7) is 3.20. The maximum absolute atomic E-state index is 12.1. The summed E-state index contributed by atoms with van der Waals surface area (Å²) >= 11 is 1.61. The van der Waals surface area contributed by atoms with Crippen LogP contribution in [0.25, 0.3) is 6.08 Å². The highest BCUT2D eigenvalue weighted by Gasteiger charge is 2.20. The highest BCUT2D eigenvalue weighted by atomic mass is 32.1. The van der Waals surface area contributed by atoms with E-state index in [2.05, 4.69) is 10.3 Å². The average molecular weight is 423 g/mol. The Morgan fingerprint density at radius 1 is 1.23 bits per heavy atom. The van der Waals surface area contributed by atoms with Crippen molar-refractivity contribution in [2.24, 2.45) is 0 Å². The lowest BCUT2D eigenvalue weighted by Gasteiger charge is -2.26. The van der Waals surface area contributed by atoms with Crippen LogP contribution in [0.5, 0.6) is 17.2 Å². The Morgan fingerprint density at radius 3 is 2.80 bits per heavy atom. The fourth-order valence-electron chi connectivity index (χ4n) is 2.92.